The van der Waals surface area contributed by atoms with Crippen molar-refractivity contribution in [1.29, 1.82) is 0 Å². The smallest absolute Gasteiger partial charge is 0.230 e. The summed E-state index contributed by atoms with van der Waals surface area (Å²) in [6, 6.07) is 9.27. The van der Waals surface area contributed by atoms with Gasteiger partial charge in [0.2, 0.25) is 5.91 Å². The van der Waals surface area contributed by atoms with Gasteiger partial charge in [0.05, 0.1) is 24.1 Å². The molecule has 0 saturated carbocycles. The van der Waals surface area contributed by atoms with Crippen LogP contribution in [0.1, 0.15) is 24.9 Å². The van der Waals surface area contributed by atoms with Gasteiger partial charge in [-0.25, -0.2) is 0 Å². The summed E-state index contributed by atoms with van der Waals surface area (Å²) in [6.07, 6.45) is 5.36. The predicted molar refractivity (Wildman–Crippen MR) is 89.0 cm³/mol. The van der Waals surface area contributed by atoms with Crippen LogP contribution in [0.25, 0.3) is 0 Å². The second kappa shape index (κ2) is 5.56. The van der Waals surface area contributed by atoms with E-state index in [0.717, 1.165) is 5.56 Å². The van der Waals surface area contributed by atoms with E-state index in [4.69, 9.17) is 4.74 Å². The molecule has 5 heteroatoms. The lowest BCUT2D eigenvalue weighted by atomic mass is 9.74. The molecule has 0 aliphatic carbocycles. The van der Waals surface area contributed by atoms with E-state index in [1.54, 1.807) is 17.1 Å². The van der Waals surface area contributed by atoms with Crippen LogP contribution in [-0.2, 0) is 14.3 Å². The van der Waals surface area contributed by atoms with Gasteiger partial charge < -0.3 is 19.5 Å². The molecular weight excluding hydrogens is 318 g/mol. The van der Waals surface area contributed by atoms with Gasteiger partial charge in [-0.1, -0.05) is 48.6 Å². The molecular formula is C20H20NO4-. The summed E-state index contributed by atoms with van der Waals surface area (Å²) in [5.41, 5.74) is 0.105. The van der Waals surface area contributed by atoms with Gasteiger partial charge in [-0.05, 0) is 18.9 Å². The number of carboxylic acids is 1. The van der Waals surface area contributed by atoms with Crippen LogP contribution in [0, 0.1) is 11.8 Å². The predicted octanol–water partition coefficient (Wildman–Crippen LogP) is 1.22. The van der Waals surface area contributed by atoms with Gasteiger partial charge in [-0.3, -0.25) is 4.79 Å². The monoisotopic (exact) mass is 338 g/mol. The number of benzene rings is 1. The molecule has 0 N–H and O–H groups in total. The fraction of sp³-hybridized carbons (Fsp3) is 0.400. The summed E-state index contributed by atoms with van der Waals surface area (Å²) >= 11 is 0. The van der Waals surface area contributed by atoms with Crippen molar-refractivity contribution in [2.45, 2.75) is 37.1 Å². The Balaban J connectivity index is 1.78. The molecule has 2 saturated heterocycles. The second-order valence-electron chi connectivity index (χ2n) is 6.99. The summed E-state index contributed by atoms with van der Waals surface area (Å²) in [7, 11) is 0. The van der Waals surface area contributed by atoms with Crippen LogP contribution < -0.4 is 5.11 Å². The number of nitrogens with zero attached hydrogens (tertiary/aromatic N) is 1. The Morgan fingerprint density at radius 2 is 2.16 bits per heavy atom. The molecule has 0 radical (unpaired) electrons. The maximum Gasteiger partial charge on any atom is 0.230 e. The minimum atomic E-state index is -1.22. The van der Waals surface area contributed by atoms with Crippen LogP contribution in [-0.4, -0.2) is 34.5 Å². The molecule has 4 rings (SSSR count). The molecule has 5 nitrogen and oxygen atoms in total. The lowest BCUT2D eigenvalue weighted by Crippen LogP contribution is -2.46. The highest BCUT2D eigenvalue weighted by Crippen LogP contribution is 2.57. The standard InChI is InChI=1S/C20H21NO4/c1-3-7-15-20-11-10-14(25-20)16(19(23)24)17(20)18(22)21(15)12(2)13-8-5-4-6-9-13/h3-6,8-12,14-17H,1,7H2,2H3,(H,23,24)/p-1/t12-,14+,15-,16+,17+,20-/m1/s1. The minimum Gasteiger partial charge on any atom is -0.550 e. The topological polar surface area (TPSA) is 69.7 Å². The van der Waals surface area contributed by atoms with E-state index in [1.807, 2.05) is 43.3 Å². The highest BCUT2D eigenvalue weighted by atomic mass is 16.5. The van der Waals surface area contributed by atoms with E-state index in [2.05, 4.69) is 6.58 Å². The average Bonchev–Trinajstić information content (AvgIpc) is 3.24. The number of ether oxygens (including phenoxy) is 1. The lowest BCUT2D eigenvalue weighted by molar-refractivity contribution is -0.313. The molecule has 25 heavy (non-hydrogen) atoms. The molecule has 6 atom stereocenters. The first-order valence-electron chi connectivity index (χ1n) is 8.57. The van der Waals surface area contributed by atoms with E-state index in [0.29, 0.717) is 6.42 Å². The number of amides is 1. The molecule has 1 aromatic rings. The van der Waals surface area contributed by atoms with Crippen molar-refractivity contribution < 1.29 is 19.4 Å². The fourth-order valence-electron chi connectivity index (χ4n) is 4.75. The van der Waals surface area contributed by atoms with E-state index >= 15 is 0 Å². The number of carbonyl (C=O) groups is 2. The van der Waals surface area contributed by atoms with E-state index in [-0.39, 0.29) is 18.0 Å². The van der Waals surface area contributed by atoms with Crippen molar-refractivity contribution >= 4 is 11.9 Å². The van der Waals surface area contributed by atoms with Gasteiger partial charge in [-0.2, -0.15) is 0 Å². The quantitative estimate of drug-likeness (QED) is 0.757. The maximum atomic E-state index is 13.3. The number of rotatable bonds is 5. The third-order valence-electron chi connectivity index (χ3n) is 5.82. The number of hydrogen-bond acceptors (Lipinski definition) is 4. The van der Waals surface area contributed by atoms with Crippen LogP contribution in [0.3, 0.4) is 0 Å². The Morgan fingerprint density at radius 3 is 2.80 bits per heavy atom. The molecule has 0 unspecified atom stereocenters. The average molecular weight is 338 g/mol. The van der Waals surface area contributed by atoms with Crippen LogP contribution in [0.2, 0.25) is 0 Å². The Kier molecular flexibility index (Phi) is 3.58. The second-order valence-corrected chi connectivity index (χ2v) is 6.99. The first-order chi connectivity index (χ1) is 12.0. The normalized spacial score (nSPS) is 36.5. The van der Waals surface area contributed by atoms with Gasteiger partial charge in [0.1, 0.15) is 5.60 Å². The molecule has 3 aliphatic heterocycles. The van der Waals surface area contributed by atoms with Crippen molar-refractivity contribution in [2.75, 3.05) is 0 Å². The number of likely N-dealkylation sites (tertiary alicyclic amines) is 1. The molecule has 130 valence electrons. The van der Waals surface area contributed by atoms with Crippen LogP contribution in [0.15, 0.2) is 55.1 Å². The lowest BCUT2D eigenvalue weighted by Gasteiger charge is -2.36. The molecule has 2 bridgehead atoms. The summed E-state index contributed by atoms with van der Waals surface area (Å²) in [4.78, 5) is 26.7. The molecule has 1 amide bonds. The number of hydrogen-bond donors (Lipinski definition) is 0. The maximum absolute atomic E-state index is 13.3. The first-order valence-corrected chi connectivity index (χ1v) is 8.57. The van der Waals surface area contributed by atoms with Gasteiger partial charge in [-0.15, -0.1) is 6.58 Å². The highest BCUT2D eigenvalue weighted by Gasteiger charge is 2.69. The summed E-state index contributed by atoms with van der Waals surface area (Å²) < 4.78 is 6.07. The molecule has 0 aromatic heterocycles. The van der Waals surface area contributed by atoms with E-state index in [9.17, 15) is 14.7 Å². The Bertz CT molecular complexity index is 758. The summed E-state index contributed by atoms with van der Waals surface area (Å²) in [6.45, 7) is 5.78. The molecule has 3 aliphatic rings. The molecule has 3 heterocycles. The highest BCUT2D eigenvalue weighted by molar-refractivity contribution is 5.91. The van der Waals surface area contributed by atoms with E-state index < -0.39 is 29.5 Å². The van der Waals surface area contributed by atoms with Gasteiger partial charge in [0.25, 0.3) is 0 Å². The zero-order valence-electron chi connectivity index (χ0n) is 14.0. The molecule has 2 fully saturated rings. The van der Waals surface area contributed by atoms with Gasteiger partial charge in [0, 0.05) is 11.9 Å². The number of aliphatic carboxylic acids is 1. The van der Waals surface area contributed by atoms with Crippen molar-refractivity contribution in [3.63, 3.8) is 0 Å². The first kappa shape index (κ1) is 16.1. The van der Waals surface area contributed by atoms with Crippen molar-refractivity contribution in [3.05, 3.63) is 60.7 Å². The van der Waals surface area contributed by atoms with Gasteiger partial charge in [0.15, 0.2) is 0 Å². The molecule has 1 spiro atoms. The minimum absolute atomic E-state index is 0.177. The van der Waals surface area contributed by atoms with Crippen molar-refractivity contribution in [1.82, 2.24) is 4.90 Å². The zero-order valence-corrected chi connectivity index (χ0v) is 14.0. The largest absolute Gasteiger partial charge is 0.550 e. The summed E-state index contributed by atoms with van der Waals surface area (Å²) in [5.74, 6) is -3.06. The Hall–Kier alpha value is -2.40. The van der Waals surface area contributed by atoms with E-state index in [1.165, 1.54) is 0 Å². The zero-order chi connectivity index (χ0) is 17.8. The van der Waals surface area contributed by atoms with Gasteiger partial charge >= 0.3 is 0 Å². The third kappa shape index (κ3) is 2.05. The Morgan fingerprint density at radius 1 is 1.44 bits per heavy atom. The van der Waals surface area contributed by atoms with Crippen LogP contribution in [0.4, 0.5) is 0 Å². The molecule has 1 aromatic carbocycles. The fourth-order valence-corrected chi connectivity index (χ4v) is 4.75. The van der Waals surface area contributed by atoms with Crippen molar-refractivity contribution in [2.24, 2.45) is 11.8 Å². The number of carboxylic acid groups (broad SMARTS) is 1. The third-order valence-corrected chi connectivity index (χ3v) is 5.82. The van der Waals surface area contributed by atoms with Crippen LogP contribution in [0.5, 0.6) is 0 Å². The summed E-state index contributed by atoms with van der Waals surface area (Å²) in [5, 5.41) is 11.7. The van der Waals surface area contributed by atoms with Crippen LogP contribution >= 0.6 is 0 Å². The van der Waals surface area contributed by atoms with Crippen molar-refractivity contribution in [3.8, 4) is 0 Å². The number of fused-ring (bicyclic) bond motifs is 1. The number of carbonyl (C=O) groups excluding carboxylic acids is 2. The Labute approximate surface area is 146 Å². The SMILES string of the molecule is C=CC[C@H]1N([C@H](C)c2ccccc2)C(=O)[C@@H]2[C@@H](C(=O)[O-])[C@@H]3C=C[C@]21O3.